The molecule has 0 spiro atoms. The largest absolute Gasteiger partial charge is 0.491 e. The van der Waals surface area contributed by atoms with E-state index in [4.69, 9.17) is 14.8 Å². The molecule has 2 N–H and O–H groups in total. The van der Waals surface area contributed by atoms with Gasteiger partial charge >= 0.3 is 13.1 Å². The van der Waals surface area contributed by atoms with Gasteiger partial charge in [-0.25, -0.2) is 9.78 Å². The van der Waals surface area contributed by atoms with Crippen LogP contribution in [0.5, 0.6) is 0 Å². The zero-order valence-electron chi connectivity index (χ0n) is 9.20. The number of aromatic nitrogens is 2. The molecule has 0 bridgehead atoms. The molecule has 0 aliphatic rings. The monoisotopic (exact) mass is 234 g/mol. The summed E-state index contributed by atoms with van der Waals surface area (Å²) in [5.41, 5.74) is 1.05. The predicted octanol–water partition coefficient (Wildman–Crippen LogP) is -0.809. The first-order chi connectivity index (χ1) is 8.13. The second kappa shape index (κ2) is 4.56. The average Bonchev–Trinajstić information content (AvgIpc) is 2.71. The molecule has 17 heavy (non-hydrogen) atoms. The highest BCUT2D eigenvalue weighted by atomic mass is 16.5. The third-order valence-electron chi connectivity index (χ3n) is 2.30. The molecule has 0 saturated carbocycles. The van der Waals surface area contributed by atoms with Gasteiger partial charge in [-0.2, -0.15) is 0 Å². The summed E-state index contributed by atoms with van der Waals surface area (Å²) in [7, 11) is -1.62. The van der Waals surface area contributed by atoms with E-state index >= 15 is 0 Å². The van der Waals surface area contributed by atoms with Crippen LogP contribution in [0.15, 0.2) is 24.5 Å². The summed E-state index contributed by atoms with van der Waals surface area (Å²) in [6, 6.07) is 3.23. The Bertz CT molecular complexity index is 552. The van der Waals surface area contributed by atoms with Crippen LogP contribution in [0.4, 0.5) is 0 Å². The van der Waals surface area contributed by atoms with Crippen LogP contribution in [0.2, 0.25) is 0 Å². The Morgan fingerprint density at radius 1 is 1.53 bits per heavy atom. The minimum atomic E-state index is -1.62. The highest BCUT2D eigenvalue weighted by Gasteiger charge is 2.16. The lowest BCUT2D eigenvalue weighted by molar-refractivity contribution is 0.0518. The molecule has 2 rings (SSSR count). The van der Waals surface area contributed by atoms with Gasteiger partial charge in [-0.3, -0.25) is 4.40 Å². The summed E-state index contributed by atoms with van der Waals surface area (Å²) in [6.07, 6.45) is 2.79. The lowest BCUT2D eigenvalue weighted by Crippen LogP contribution is -2.31. The SMILES string of the molecule is CCOC(=O)c1ccc2ncc(B(O)O)cn12. The molecule has 88 valence electrons. The van der Waals surface area contributed by atoms with Gasteiger partial charge < -0.3 is 14.8 Å². The maximum Gasteiger partial charge on any atom is 0.491 e. The van der Waals surface area contributed by atoms with Crippen LogP contribution >= 0.6 is 0 Å². The molecule has 0 fully saturated rings. The summed E-state index contributed by atoms with van der Waals surface area (Å²) in [5, 5.41) is 18.1. The van der Waals surface area contributed by atoms with Gasteiger partial charge in [0.25, 0.3) is 0 Å². The molecule has 0 saturated heterocycles. The Kier molecular flexibility index (Phi) is 3.12. The number of carbonyl (C=O) groups is 1. The van der Waals surface area contributed by atoms with Gasteiger partial charge in [0.05, 0.1) is 6.61 Å². The van der Waals surface area contributed by atoms with Gasteiger partial charge in [-0.05, 0) is 19.1 Å². The maximum atomic E-state index is 11.6. The van der Waals surface area contributed by atoms with Crippen molar-refractivity contribution in [1.29, 1.82) is 0 Å². The van der Waals surface area contributed by atoms with Crippen molar-refractivity contribution in [2.75, 3.05) is 6.61 Å². The summed E-state index contributed by atoms with van der Waals surface area (Å²) >= 11 is 0. The number of nitrogens with zero attached hydrogens (tertiary/aromatic N) is 2. The lowest BCUT2D eigenvalue weighted by Gasteiger charge is -2.04. The molecule has 0 amide bonds. The second-order valence-corrected chi connectivity index (χ2v) is 3.43. The Balaban J connectivity index is 2.50. The van der Waals surface area contributed by atoms with E-state index in [2.05, 4.69) is 4.98 Å². The minimum absolute atomic E-state index is 0.208. The molecule has 2 aromatic rings. The van der Waals surface area contributed by atoms with Crippen molar-refractivity contribution in [3.8, 4) is 0 Å². The maximum absolute atomic E-state index is 11.6. The van der Waals surface area contributed by atoms with Gasteiger partial charge in [0.15, 0.2) is 0 Å². The van der Waals surface area contributed by atoms with E-state index in [1.54, 1.807) is 19.1 Å². The van der Waals surface area contributed by atoms with Crippen LogP contribution in [-0.4, -0.2) is 39.1 Å². The van der Waals surface area contributed by atoms with E-state index in [-0.39, 0.29) is 12.1 Å². The van der Waals surface area contributed by atoms with Gasteiger partial charge in [0.2, 0.25) is 0 Å². The number of fused-ring (bicyclic) bond motifs is 1. The first-order valence-electron chi connectivity index (χ1n) is 5.13. The zero-order valence-corrected chi connectivity index (χ0v) is 9.20. The molecule has 0 radical (unpaired) electrons. The van der Waals surface area contributed by atoms with E-state index in [1.807, 2.05) is 0 Å². The molecular weight excluding hydrogens is 223 g/mol. The quantitative estimate of drug-likeness (QED) is 0.536. The fourth-order valence-corrected chi connectivity index (χ4v) is 1.51. The van der Waals surface area contributed by atoms with Crippen molar-refractivity contribution >= 4 is 24.2 Å². The van der Waals surface area contributed by atoms with Crippen LogP contribution in [0.3, 0.4) is 0 Å². The lowest BCUT2D eigenvalue weighted by atomic mass is 9.83. The van der Waals surface area contributed by atoms with Crippen LogP contribution in [0.25, 0.3) is 5.65 Å². The van der Waals surface area contributed by atoms with Crippen molar-refractivity contribution in [2.24, 2.45) is 0 Å². The third-order valence-corrected chi connectivity index (χ3v) is 2.30. The van der Waals surface area contributed by atoms with Crippen molar-refractivity contribution < 1.29 is 19.6 Å². The van der Waals surface area contributed by atoms with Gasteiger partial charge in [0.1, 0.15) is 11.3 Å². The molecule has 0 aliphatic heterocycles. The highest BCUT2D eigenvalue weighted by molar-refractivity contribution is 6.58. The number of carbonyl (C=O) groups excluding carboxylic acids is 1. The van der Waals surface area contributed by atoms with Gasteiger partial charge in [-0.15, -0.1) is 0 Å². The van der Waals surface area contributed by atoms with Crippen LogP contribution in [-0.2, 0) is 4.74 Å². The van der Waals surface area contributed by atoms with Crippen LogP contribution in [0, 0.1) is 0 Å². The fraction of sp³-hybridized carbons (Fsp3) is 0.200. The first-order valence-corrected chi connectivity index (χ1v) is 5.13. The summed E-state index contributed by atoms with van der Waals surface area (Å²) in [4.78, 5) is 15.6. The predicted molar refractivity (Wildman–Crippen MR) is 61.0 cm³/mol. The first kappa shape index (κ1) is 11.6. The topological polar surface area (TPSA) is 84.1 Å². The van der Waals surface area contributed by atoms with Crippen LogP contribution in [0.1, 0.15) is 17.4 Å². The van der Waals surface area contributed by atoms with E-state index in [1.165, 1.54) is 16.8 Å². The van der Waals surface area contributed by atoms with E-state index in [0.717, 1.165) is 0 Å². The Hall–Kier alpha value is -1.86. The Morgan fingerprint density at radius 2 is 2.29 bits per heavy atom. The molecule has 7 heteroatoms. The van der Waals surface area contributed by atoms with E-state index < -0.39 is 13.1 Å². The third kappa shape index (κ3) is 2.15. The molecule has 0 aliphatic carbocycles. The second-order valence-electron chi connectivity index (χ2n) is 3.43. The van der Waals surface area contributed by atoms with Gasteiger partial charge in [-0.1, -0.05) is 0 Å². The fourth-order valence-electron chi connectivity index (χ4n) is 1.51. The number of hydrogen-bond acceptors (Lipinski definition) is 5. The normalized spacial score (nSPS) is 10.5. The minimum Gasteiger partial charge on any atom is -0.461 e. The van der Waals surface area contributed by atoms with Crippen molar-refractivity contribution in [1.82, 2.24) is 9.38 Å². The van der Waals surface area contributed by atoms with Crippen LogP contribution < -0.4 is 5.46 Å². The van der Waals surface area contributed by atoms with Gasteiger partial charge in [0, 0.05) is 17.9 Å². The van der Waals surface area contributed by atoms with Crippen molar-refractivity contribution in [2.45, 2.75) is 6.92 Å². The molecule has 0 atom stereocenters. The number of ether oxygens (including phenoxy) is 1. The summed E-state index contributed by atoms with van der Waals surface area (Å²) in [5.74, 6) is -0.473. The Labute approximate surface area is 97.6 Å². The molecule has 0 unspecified atom stereocenters. The van der Waals surface area contributed by atoms with Crippen molar-refractivity contribution in [3.63, 3.8) is 0 Å². The molecule has 0 aromatic carbocycles. The van der Waals surface area contributed by atoms with E-state index in [0.29, 0.717) is 11.3 Å². The average molecular weight is 234 g/mol. The summed E-state index contributed by atoms with van der Waals surface area (Å²) < 4.78 is 6.35. The molecule has 2 aromatic heterocycles. The van der Waals surface area contributed by atoms with E-state index in [9.17, 15) is 4.79 Å². The van der Waals surface area contributed by atoms with Crippen molar-refractivity contribution in [3.05, 3.63) is 30.2 Å². The molecule has 6 nitrogen and oxygen atoms in total. The number of esters is 1. The zero-order chi connectivity index (χ0) is 12.4. The highest BCUT2D eigenvalue weighted by Crippen LogP contribution is 2.08. The number of rotatable bonds is 3. The Morgan fingerprint density at radius 3 is 2.94 bits per heavy atom. The summed E-state index contributed by atoms with van der Waals surface area (Å²) in [6.45, 7) is 2.00. The molecule has 2 heterocycles. The molecular formula is C10H11BN2O4. The number of hydrogen-bond donors (Lipinski definition) is 2. The smallest absolute Gasteiger partial charge is 0.461 e. The standard InChI is InChI=1S/C10H11BN2O4/c1-2-17-10(14)8-3-4-9-12-5-7(11(15)16)6-13(8)9/h3-6,15-16H,2H2,1H3.